The summed E-state index contributed by atoms with van der Waals surface area (Å²) in [6.45, 7) is 3.23. The average Bonchev–Trinajstić information content (AvgIpc) is 3.52. The number of nitrogens with one attached hydrogen (secondary N) is 2. The van der Waals surface area contributed by atoms with Crippen molar-refractivity contribution in [3.05, 3.63) is 71.9 Å². The van der Waals surface area contributed by atoms with Gasteiger partial charge in [-0.3, -0.25) is 9.52 Å². The molecule has 40 heavy (non-hydrogen) atoms. The standard InChI is InChI=1S/C29H29FN4O5S/c1-29(19-8-10-39-11-9-19)13-24(29)40(36,37)34-23-5-3-4-20(26(23)30)27(35)22-16-33-28-21(22)12-18(15-32-28)17-6-7-25(38-2)31-14-17/h3-7,12,14-16,19,24,34H,8-11,13H2,1-2H3,(H,32,33). The molecule has 11 heteroatoms. The number of aromatic nitrogens is 3. The van der Waals surface area contributed by atoms with Gasteiger partial charge in [0.15, 0.2) is 11.6 Å². The Labute approximate surface area is 231 Å². The number of carbonyl (C=O) groups excluding carboxylic acids is 1. The maximum absolute atomic E-state index is 15.7. The van der Waals surface area contributed by atoms with Gasteiger partial charge in [-0.1, -0.05) is 13.0 Å². The molecule has 1 aliphatic carbocycles. The highest BCUT2D eigenvalue weighted by Gasteiger charge is 2.61. The van der Waals surface area contributed by atoms with Crippen molar-refractivity contribution in [1.82, 2.24) is 15.0 Å². The molecule has 2 aliphatic rings. The van der Waals surface area contributed by atoms with Crippen molar-refractivity contribution in [2.45, 2.75) is 31.4 Å². The number of hydrogen-bond acceptors (Lipinski definition) is 7. The fourth-order valence-electron chi connectivity index (χ4n) is 5.77. The number of rotatable bonds is 8. The second-order valence-corrected chi connectivity index (χ2v) is 12.5. The van der Waals surface area contributed by atoms with E-state index < -0.39 is 26.9 Å². The van der Waals surface area contributed by atoms with E-state index in [1.54, 1.807) is 24.5 Å². The van der Waals surface area contributed by atoms with E-state index in [1.807, 2.05) is 13.0 Å². The molecular formula is C29H29FN4O5S. The molecular weight excluding hydrogens is 535 g/mol. The Morgan fingerprint density at radius 3 is 2.62 bits per heavy atom. The van der Waals surface area contributed by atoms with E-state index in [4.69, 9.17) is 9.47 Å². The van der Waals surface area contributed by atoms with Crippen molar-refractivity contribution >= 4 is 32.5 Å². The molecule has 6 rings (SSSR count). The van der Waals surface area contributed by atoms with Crippen molar-refractivity contribution in [3.63, 3.8) is 0 Å². The van der Waals surface area contributed by atoms with Gasteiger partial charge in [0.2, 0.25) is 15.9 Å². The van der Waals surface area contributed by atoms with Crippen LogP contribution in [0.4, 0.5) is 10.1 Å². The number of anilines is 1. The number of hydrogen-bond donors (Lipinski definition) is 2. The van der Waals surface area contributed by atoms with E-state index in [-0.39, 0.29) is 28.1 Å². The van der Waals surface area contributed by atoms with Gasteiger partial charge in [0.25, 0.3) is 0 Å². The zero-order chi connectivity index (χ0) is 28.1. The molecule has 1 saturated heterocycles. The van der Waals surface area contributed by atoms with Gasteiger partial charge in [0.05, 0.1) is 23.6 Å². The number of benzene rings is 1. The zero-order valence-corrected chi connectivity index (χ0v) is 22.9. The zero-order valence-electron chi connectivity index (χ0n) is 22.1. The monoisotopic (exact) mass is 564 g/mol. The number of carbonyl (C=O) groups is 1. The Morgan fingerprint density at radius 2 is 1.90 bits per heavy atom. The highest BCUT2D eigenvalue weighted by Crippen LogP contribution is 2.58. The second-order valence-electron chi connectivity index (χ2n) is 10.6. The summed E-state index contributed by atoms with van der Waals surface area (Å²) < 4.78 is 55.2. The molecule has 0 radical (unpaired) electrons. The number of pyridine rings is 2. The molecule has 3 aromatic heterocycles. The molecule has 0 spiro atoms. The summed E-state index contributed by atoms with van der Waals surface area (Å²) in [4.78, 5) is 25.1. The third-order valence-electron chi connectivity index (χ3n) is 8.28. The Kier molecular flexibility index (Phi) is 6.58. The van der Waals surface area contributed by atoms with Crippen LogP contribution in [-0.4, -0.2) is 54.7 Å². The Hall–Kier alpha value is -3.83. The molecule has 1 aromatic carbocycles. The average molecular weight is 565 g/mol. The summed E-state index contributed by atoms with van der Waals surface area (Å²) in [5.74, 6) is -0.789. The maximum Gasteiger partial charge on any atom is 0.236 e. The SMILES string of the molecule is COc1ccc(-c2cnc3[nH]cc(C(=O)c4cccc(NS(=O)(=O)C5CC5(C)C5CCOCC5)c4F)c3c2)cn1. The van der Waals surface area contributed by atoms with E-state index in [1.165, 1.54) is 31.5 Å². The number of fused-ring (bicyclic) bond motifs is 1. The molecule has 2 N–H and O–H groups in total. The summed E-state index contributed by atoms with van der Waals surface area (Å²) in [6, 6.07) is 9.49. The van der Waals surface area contributed by atoms with E-state index >= 15 is 4.39 Å². The molecule has 0 amide bonds. The summed E-state index contributed by atoms with van der Waals surface area (Å²) >= 11 is 0. The summed E-state index contributed by atoms with van der Waals surface area (Å²) in [5, 5.41) is -0.110. The summed E-state index contributed by atoms with van der Waals surface area (Å²) in [5.41, 5.74) is 1.33. The predicted molar refractivity (Wildman–Crippen MR) is 148 cm³/mol. The fraction of sp³-hybridized carbons (Fsp3) is 0.345. The van der Waals surface area contributed by atoms with Crippen molar-refractivity contribution in [2.24, 2.45) is 11.3 Å². The van der Waals surface area contributed by atoms with Crippen LogP contribution in [0, 0.1) is 17.2 Å². The van der Waals surface area contributed by atoms with Crippen LogP contribution in [-0.2, 0) is 14.8 Å². The first-order chi connectivity index (χ1) is 19.2. The third kappa shape index (κ3) is 4.62. The van der Waals surface area contributed by atoms with E-state index in [9.17, 15) is 13.2 Å². The molecule has 9 nitrogen and oxygen atoms in total. The second kappa shape index (κ2) is 9.97. The largest absolute Gasteiger partial charge is 0.481 e. The van der Waals surface area contributed by atoms with Gasteiger partial charge in [0.1, 0.15) is 5.65 Å². The van der Waals surface area contributed by atoms with Crippen molar-refractivity contribution in [3.8, 4) is 17.0 Å². The molecule has 4 aromatic rings. The molecule has 2 atom stereocenters. The number of ketones is 1. The lowest BCUT2D eigenvalue weighted by molar-refractivity contribution is 0.0447. The quantitative estimate of drug-likeness (QED) is 0.290. The van der Waals surface area contributed by atoms with Crippen LogP contribution in [0.5, 0.6) is 5.88 Å². The predicted octanol–water partition coefficient (Wildman–Crippen LogP) is 4.95. The molecule has 2 fully saturated rings. The number of sulfonamides is 1. The van der Waals surface area contributed by atoms with Crippen LogP contribution in [0.25, 0.3) is 22.2 Å². The van der Waals surface area contributed by atoms with Gasteiger partial charge in [0, 0.05) is 59.9 Å². The minimum atomic E-state index is -3.86. The number of nitrogens with zero attached hydrogens (tertiary/aromatic N) is 2. The smallest absolute Gasteiger partial charge is 0.236 e. The summed E-state index contributed by atoms with van der Waals surface area (Å²) in [6.07, 6.45) is 6.92. The Morgan fingerprint density at radius 1 is 1.12 bits per heavy atom. The van der Waals surface area contributed by atoms with Gasteiger partial charge >= 0.3 is 0 Å². The minimum absolute atomic E-state index is 0.221. The Bertz CT molecular complexity index is 1700. The van der Waals surface area contributed by atoms with Crippen LogP contribution in [0.1, 0.15) is 42.1 Å². The van der Waals surface area contributed by atoms with Gasteiger partial charge in [-0.25, -0.2) is 22.8 Å². The summed E-state index contributed by atoms with van der Waals surface area (Å²) in [7, 11) is -2.33. The molecule has 1 aliphatic heterocycles. The van der Waals surface area contributed by atoms with Gasteiger partial charge in [-0.15, -0.1) is 0 Å². The molecule has 4 heterocycles. The molecule has 1 saturated carbocycles. The maximum atomic E-state index is 15.7. The first kappa shape index (κ1) is 26.4. The first-order valence-corrected chi connectivity index (χ1v) is 14.7. The normalized spacial score (nSPS) is 21.3. The minimum Gasteiger partial charge on any atom is -0.481 e. The van der Waals surface area contributed by atoms with Gasteiger partial charge in [-0.2, -0.15) is 0 Å². The van der Waals surface area contributed by atoms with Crippen LogP contribution in [0.2, 0.25) is 0 Å². The number of halogens is 1. The fourth-order valence-corrected chi connectivity index (χ4v) is 7.85. The van der Waals surface area contributed by atoms with Crippen LogP contribution >= 0.6 is 0 Å². The number of H-pyrrole nitrogens is 1. The lowest BCUT2D eigenvalue weighted by atomic mass is 9.85. The Balaban J connectivity index is 1.27. The van der Waals surface area contributed by atoms with Crippen LogP contribution in [0.15, 0.2) is 55.0 Å². The molecule has 0 bridgehead atoms. The van der Waals surface area contributed by atoms with Gasteiger partial charge in [-0.05, 0) is 54.9 Å². The third-order valence-corrected chi connectivity index (χ3v) is 10.2. The topological polar surface area (TPSA) is 123 Å². The lowest BCUT2D eigenvalue weighted by Gasteiger charge is -2.28. The number of methoxy groups -OCH3 is 1. The van der Waals surface area contributed by atoms with Crippen LogP contribution in [0.3, 0.4) is 0 Å². The first-order valence-electron chi connectivity index (χ1n) is 13.1. The van der Waals surface area contributed by atoms with E-state index in [2.05, 4.69) is 19.7 Å². The van der Waals surface area contributed by atoms with Gasteiger partial charge < -0.3 is 14.5 Å². The van der Waals surface area contributed by atoms with Crippen molar-refractivity contribution < 1.29 is 27.1 Å². The van der Waals surface area contributed by atoms with E-state index in [0.717, 1.165) is 24.0 Å². The number of aromatic amines is 1. The van der Waals surface area contributed by atoms with E-state index in [0.29, 0.717) is 36.5 Å². The number of ether oxygens (including phenoxy) is 2. The van der Waals surface area contributed by atoms with Crippen molar-refractivity contribution in [1.29, 1.82) is 0 Å². The van der Waals surface area contributed by atoms with Crippen molar-refractivity contribution in [2.75, 3.05) is 25.0 Å². The highest BCUT2D eigenvalue weighted by molar-refractivity contribution is 7.93. The van der Waals surface area contributed by atoms with Crippen LogP contribution < -0.4 is 9.46 Å². The molecule has 208 valence electrons. The molecule has 2 unspecified atom stereocenters. The highest BCUT2D eigenvalue weighted by atomic mass is 32.2. The lowest BCUT2D eigenvalue weighted by Crippen LogP contribution is -2.29.